The number of carbonyl (C=O) groups excluding carboxylic acids is 1. The van der Waals surface area contributed by atoms with Crippen LogP contribution in [0.25, 0.3) is 11.3 Å². The molecule has 0 radical (unpaired) electrons. The number of hydrogen-bond acceptors (Lipinski definition) is 5. The van der Waals surface area contributed by atoms with E-state index in [0.29, 0.717) is 17.0 Å². The minimum atomic E-state index is -0.571. The summed E-state index contributed by atoms with van der Waals surface area (Å²) in [5.41, 5.74) is 2.05. The molecule has 7 nitrogen and oxygen atoms in total. The van der Waals surface area contributed by atoms with E-state index in [9.17, 15) is 14.0 Å². The molecule has 0 aliphatic heterocycles. The first-order valence-electron chi connectivity index (χ1n) is 7.83. The van der Waals surface area contributed by atoms with Crippen LogP contribution >= 0.6 is 0 Å². The fourth-order valence-corrected chi connectivity index (χ4v) is 2.31. The summed E-state index contributed by atoms with van der Waals surface area (Å²) in [6, 6.07) is 6.74. The van der Waals surface area contributed by atoms with Crippen molar-refractivity contribution in [1.29, 1.82) is 0 Å². The molecule has 0 unspecified atom stereocenters. The Morgan fingerprint density at radius 1 is 1.19 bits per heavy atom. The average molecular weight is 353 g/mol. The first kappa shape index (κ1) is 17.4. The topological polar surface area (TPSA) is 89.8 Å². The normalized spacial score (nSPS) is 10.6. The molecule has 1 N–H and O–H groups in total. The zero-order valence-electron chi connectivity index (χ0n) is 14.2. The van der Waals surface area contributed by atoms with Crippen LogP contribution in [0.4, 0.5) is 4.39 Å². The van der Waals surface area contributed by atoms with Crippen molar-refractivity contribution in [3.8, 4) is 11.3 Å². The van der Waals surface area contributed by atoms with E-state index in [1.165, 1.54) is 31.3 Å². The number of nitrogens with one attached hydrogen (secondary N) is 1. The van der Waals surface area contributed by atoms with Crippen molar-refractivity contribution in [3.05, 3.63) is 75.8 Å². The minimum absolute atomic E-state index is 0.149. The highest BCUT2D eigenvalue weighted by molar-refractivity contribution is 5.95. The Labute approximate surface area is 148 Å². The number of carbonyl (C=O) groups is 1. The van der Waals surface area contributed by atoms with Gasteiger partial charge in [-0.15, -0.1) is 0 Å². The molecule has 0 saturated carbocycles. The van der Waals surface area contributed by atoms with E-state index >= 15 is 0 Å². The van der Waals surface area contributed by atoms with Gasteiger partial charge in [0.05, 0.1) is 29.8 Å². The summed E-state index contributed by atoms with van der Waals surface area (Å²) in [5, 5.41) is 6.75. The first-order chi connectivity index (χ1) is 12.4. The van der Waals surface area contributed by atoms with E-state index in [-0.39, 0.29) is 17.7 Å². The number of halogens is 1. The zero-order chi connectivity index (χ0) is 18.7. The summed E-state index contributed by atoms with van der Waals surface area (Å²) in [6.45, 7) is 1.99. The molecule has 2 heterocycles. The van der Waals surface area contributed by atoms with E-state index in [1.54, 1.807) is 12.4 Å². The van der Waals surface area contributed by atoms with Crippen LogP contribution in [0.3, 0.4) is 0 Å². The molecule has 3 aromatic rings. The predicted octanol–water partition coefficient (Wildman–Crippen LogP) is 1.61. The third kappa shape index (κ3) is 3.97. The van der Waals surface area contributed by atoms with Crippen molar-refractivity contribution < 1.29 is 9.18 Å². The molecule has 8 heteroatoms. The van der Waals surface area contributed by atoms with Crippen LogP contribution in [0.15, 0.2) is 47.5 Å². The lowest BCUT2D eigenvalue weighted by atomic mass is 10.1. The second kappa shape index (κ2) is 7.22. The standard InChI is InChI=1S/C18H16FN5O2/c1-11-8-21-15(9-20-11)10-22-18(26)13-5-12(6-14(19)7-13)16-3-4-17(25)24(2)23-16/h3-9H,10H2,1-2H3,(H,22,26). The molecule has 132 valence electrons. The fraction of sp³-hybridized carbons (Fsp3) is 0.167. The Morgan fingerprint density at radius 2 is 2.00 bits per heavy atom. The number of rotatable bonds is 4. The Kier molecular flexibility index (Phi) is 4.83. The van der Waals surface area contributed by atoms with Crippen molar-refractivity contribution in [1.82, 2.24) is 25.1 Å². The van der Waals surface area contributed by atoms with Gasteiger partial charge in [0, 0.05) is 30.4 Å². The Morgan fingerprint density at radius 3 is 2.69 bits per heavy atom. The number of aromatic nitrogens is 4. The van der Waals surface area contributed by atoms with Crippen molar-refractivity contribution in [2.75, 3.05) is 0 Å². The van der Waals surface area contributed by atoms with Gasteiger partial charge in [-0.3, -0.25) is 19.6 Å². The second-order valence-corrected chi connectivity index (χ2v) is 5.74. The van der Waals surface area contributed by atoms with Crippen LogP contribution in [0.5, 0.6) is 0 Å². The highest BCUT2D eigenvalue weighted by Gasteiger charge is 2.11. The minimum Gasteiger partial charge on any atom is -0.346 e. The van der Waals surface area contributed by atoms with Crippen LogP contribution in [-0.4, -0.2) is 25.7 Å². The molecule has 2 aromatic heterocycles. The lowest BCUT2D eigenvalue weighted by Gasteiger charge is -2.08. The molecule has 0 aliphatic carbocycles. The smallest absolute Gasteiger partial charge is 0.266 e. The Balaban J connectivity index is 1.82. The van der Waals surface area contributed by atoms with Gasteiger partial charge >= 0.3 is 0 Å². The van der Waals surface area contributed by atoms with Crippen LogP contribution in [-0.2, 0) is 13.6 Å². The molecular formula is C18H16FN5O2. The lowest BCUT2D eigenvalue weighted by molar-refractivity contribution is 0.0950. The monoisotopic (exact) mass is 353 g/mol. The van der Waals surface area contributed by atoms with E-state index < -0.39 is 11.7 Å². The van der Waals surface area contributed by atoms with E-state index in [4.69, 9.17) is 0 Å². The highest BCUT2D eigenvalue weighted by atomic mass is 19.1. The largest absolute Gasteiger partial charge is 0.346 e. The molecule has 0 fully saturated rings. The number of nitrogens with zero attached hydrogens (tertiary/aromatic N) is 4. The summed E-state index contributed by atoms with van der Waals surface area (Å²) < 4.78 is 15.1. The number of amides is 1. The average Bonchev–Trinajstić information content (AvgIpc) is 2.62. The van der Waals surface area contributed by atoms with Gasteiger partial charge in [-0.05, 0) is 31.2 Å². The van der Waals surface area contributed by atoms with E-state index in [2.05, 4.69) is 20.4 Å². The molecule has 1 aromatic carbocycles. The molecule has 0 bridgehead atoms. The molecule has 0 spiro atoms. The molecule has 0 aliphatic rings. The molecule has 26 heavy (non-hydrogen) atoms. The summed E-state index contributed by atoms with van der Waals surface area (Å²) in [6.07, 6.45) is 3.17. The third-order valence-electron chi connectivity index (χ3n) is 3.68. The van der Waals surface area contributed by atoms with Gasteiger partial charge in [0.1, 0.15) is 5.82 Å². The third-order valence-corrected chi connectivity index (χ3v) is 3.68. The molecular weight excluding hydrogens is 337 g/mol. The maximum Gasteiger partial charge on any atom is 0.266 e. The van der Waals surface area contributed by atoms with Crippen molar-refractivity contribution in [2.45, 2.75) is 13.5 Å². The van der Waals surface area contributed by atoms with Crippen molar-refractivity contribution in [3.63, 3.8) is 0 Å². The number of aryl methyl sites for hydroxylation is 2. The summed E-state index contributed by atoms with van der Waals surface area (Å²) in [4.78, 5) is 32.0. The van der Waals surface area contributed by atoms with Crippen LogP contribution < -0.4 is 10.9 Å². The van der Waals surface area contributed by atoms with Gasteiger partial charge in [-0.2, -0.15) is 5.10 Å². The van der Waals surface area contributed by atoms with Gasteiger partial charge in [0.15, 0.2) is 0 Å². The van der Waals surface area contributed by atoms with Gasteiger partial charge < -0.3 is 5.32 Å². The van der Waals surface area contributed by atoms with Crippen LogP contribution in [0.1, 0.15) is 21.7 Å². The second-order valence-electron chi connectivity index (χ2n) is 5.74. The van der Waals surface area contributed by atoms with Gasteiger partial charge in [0.25, 0.3) is 11.5 Å². The van der Waals surface area contributed by atoms with Gasteiger partial charge in [-0.1, -0.05) is 0 Å². The predicted molar refractivity (Wildman–Crippen MR) is 92.8 cm³/mol. The quantitative estimate of drug-likeness (QED) is 0.770. The van der Waals surface area contributed by atoms with E-state index in [0.717, 1.165) is 16.4 Å². The number of benzene rings is 1. The maximum absolute atomic E-state index is 14.0. The molecule has 0 atom stereocenters. The SMILES string of the molecule is Cc1cnc(CNC(=O)c2cc(F)cc(-c3ccc(=O)n(C)n3)c2)cn1. The molecule has 0 saturated heterocycles. The van der Waals surface area contributed by atoms with Crippen LogP contribution in [0, 0.1) is 12.7 Å². The van der Waals surface area contributed by atoms with Crippen LogP contribution in [0.2, 0.25) is 0 Å². The summed E-state index contributed by atoms with van der Waals surface area (Å²) >= 11 is 0. The summed E-state index contributed by atoms with van der Waals surface area (Å²) in [7, 11) is 1.50. The van der Waals surface area contributed by atoms with Crippen molar-refractivity contribution >= 4 is 5.91 Å². The highest BCUT2D eigenvalue weighted by Crippen LogP contribution is 2.19. The maximum atomic E-state index is 14.0. The van der Waals surface area contributed by atoms with Gasteiger partial charge in [-0.25, -0.2) is 9.07 Å². The molecule has 1 amide bonds. The first-order valence-corrected chi connectivity index (χ1v) is 7.83. The number of hydrogen-bond donors (Lipinski definition) is 1. The fourth-order valence-electron chi connectivity index (χ4n) is 2.31. The molecule has 3 rings (SSSR count). The Hall–Kier alpha value is -3.42. The van der Waals surface area contributed by atoms with E-state index in [1.807, 2.05) is 6.92 Å². The zero-order valence-corrected chi connectivity index (χ0v) is 14.2. The summed E-state index contributed by atoms with van der Waals surface area (Å²) in [5.74, 6) is -1.02. The van der Waals surface area contributed by atoms with Crippen molar-refractivity contribution in [2.24, 2.45) is 7.05 Å². The lowest BCUT2D eigenvalue weighted by Crippen LogP contribution is -2.23. The Bertz CT molecular complexity index is 1010. The van der Waals surface area contributed by atoms with Gasteiger partial charge in [0.2, 0.25) is 0 Å².